The molecule has 0 aliphatic rings. The van der Waals surface area contributed by atoms with Gasteiger partial charge in [0.2, 0.25) is 5.91 Å². The van der Waals surface area contributed by atoms with Gasteiger partial charge in [0.15, 0.2) is 0 Å². The molecule has 0 saturated heterocycles. The SMILES string of the molecule is Cc1sc(CNC(C)C(=O)N(C)C)cc1Br. The van der Waals surface area contributed by atoms with Gasteiger partial charge in [0, 0.05) is 34.9 Å². The van der Waals surface area contributed by atoms with E-state index in [1.807, 2.05) is 6.92 Å². The van der Waals surface area contributed by atoms with Crippen molar-refractivity contribution in [1.29, 1.82) is 0 Å². The first-order valence-corrected chi connectivity index (χ1v) is 6.72. The van der Waals surface area contributed by atoms with E-state index in [2.05, 4.69) is 34.2 Å². The van der Waals surface area contributed by atoms with E-state index in [9.17, 15) is 4.79 Å². The third kappa shape index (κ3) is 3.57. The molecule has 1 N–H and O–H groups in total. The van der Waals surface area contributed by atoms with Crippen LogP contribution in [0.5, 0.6) is 0 Å². The summed E-state index contributed by atoms with van der Waals surface area (Å²) in [6.07, 6.45) is 0. The fourth-order valence-corrected chi connectivity index (χ4v) is 2.89. The molecule has 0 aliphatic heterocycles. The lowest BCUT2D eigenvalue weighted by Gasteiger charge is -2.17. The van der Waals surface area contributed by atoms with Gasteiger partial charge in [0.25, 0.3) is 0 Å². The van der Waals surface area contributed by atoms with Gasteiger partial charge in [0.1, 0.15) is 0 Å². The second-order valence-corrected chi connectivity index (χ2v) is 6.15. The van der Waals surface area contributed by atoms with Crippen molar-refractivity contribution in [3.05, 3.63) is 20.3 Å². The van der Waals surface area contributed by atoms with Crippen molar-refractivity contribution in [2.45, 2.75) is 26.4 Å². The zero-order chi connectivity index (χ0) is 12.3. The minimum atomic E-state index is -0.142. The van der Waals surface area contributed by atoms with Crippen molar-refractivity contribution >= 4 is 33.2 Å². The average molecular weight is 305 g/mol. The minimum absolute atomic E-state index is 0.104. The van der Waals surface area contributed by atoms with Crippen LogP contribution < -0.4 is 5.32 Å². The van der Waals surface area contributed by atoms with E-state index in [0.717, 1.165) is 11.0 Å². The molecule has 3 nitrogen and oxygen atoms in total. The quantitative estimate of drug-likeness (QED) is 0.926. The Morgan fingerprint density at radius 1 is 1.62 bits per heavy atom. The molecule has 0 aliphatic carbocycles. The van der Waals surface area contributed by atoms with Gasteiger partial charge in [-0.25, -0.2) is 0 Å². The number of thiophene rings is 1. The van der Waals surface area contributed by atoms with Crippen LogP contribution in [0.15, 0.2) is 10.5 Å². The van der Waals surface area contributed by atoms with Crippen LogP contribution in [0, 0.1) is 6.92 Å². The van der Waals surface area contributed by atoms with Gasteiger partial charge >= 0.3 is 0 Å². The number of aryl methyl sites for hydroxylation is 1. The van der Waals surface area contributed by atoms with Gasteiger partial charge in [-0.1, -0.05) is 0 Å². The third-order valence-corrected chi connectivity index (χ3v) is 4.44. The molecule has 0 fully saturated rings. The summed E-state index contributed by atoms with van der Waals surface area (Å²) in [7, 11) is 3.54. The molecule has 1 heterocycles. The predicted octanol–water partition coefficient (Wildman–Crippen LogP) is 2.39. The maximum atomic E-state index is 11.6. The van der Waals surface area contributed by atoms with E-state index < -0.39 is 0 Å². The molecule has 0 saturated carbocycles. The number of rotatable bonds is 4. The highest BCUT2D eigenvalue weighted by atomic mass is 79.9. The summed E-state index contributed by atoms with van der Waals surface area (Å²) in [6.45, 7) is 4.70. The molecule has 1 aromatic rings. The lowest BCUT2D eigenvalue weighted by Crippen LogP contribution is -2.40. The first-order valence-electron chi connectivity index (χ1n) is 5.11. The standard InChI is InChI=1S/C11H17BrN2OS/c1-7(11(15)14(3)4)13-6-9-5-10(12)8(2)16-9/h5,7,13H,6H2,1-4H3. The van der Waals surface area contributed by atoms with Crippen LogP contribution in [0.3, 0.4) is 0 Å². The Balaban J connectivity index is 2.48. The van der Waals surface area contributed by atoms with E-state index >= 15 is 0 Å². The predicted molar refractivity (Wildman–Crippen MR) is 71.8 cm³/mol. The molecule has 1 aromatic heterocycles. The molecular weight excluding hydrogens is 288 g/mol. The molecule has 1 rings (SSSR count). The maximum Gasteiger partial charge on any atom is 0.238 e. The van der Waals surface area contributed by atoms with E-state index in [1.54, 1.807) is 30.3 Å². The number of hydrogen-bond donors (Lipinski definition) is 1. The van der Waals surface area contributed by atoms with E-state index in [-0.39, 0.29) is 11.9 Å². The number of carbonyl (C=O) groups excluding carboxylic acids is 1. The second-order valence-electron chi connectivity index (χ2n) is 3.95. The van der Waals surface area contributed by atoms with Gasteiger partial charge in [-0.2, -0.15) is 0 Å². The van der Waals surface area contributed by atoms with Crippen LogP contribution in [-0.4, -0.2) is 30.9 Å². The first-order chi connectivity index (χ1) is 7.41. The Kier molecular flexibility index (Phi) is 4.95. The Bertz CT molecular complexity index is 357. The normalized spacial score (nSPS) is 12.6. The zero-order valence-corrected chi connectivity index (χ0v) is 12.4. The van der Waals surface area contributed by atoms with Crippen LogP contribution in [0.2, 0.25) is 0 Å². The van der Waals surface area contributed by atoms with Crippen LogP contribution in [0.1, 0.15) is 16.7 Å². The number of amides is 1. The summed E-state index contributed by atoms with van der Waals surface area (Å²) >= 11 is 5.22. The van der Waals surface area contributed by atoms with Gasteiger partial charge in [0.05, 0.1) is 6.04 Å². The molecule has 16 heavy (non-hydrogen) atoms. The van der Waals surface area contributed by atoms with Crippen molar-refractivity contribution in [1.82, 2.24) is 10.2 Å². The van der Waals surface area contributed by atoms with Crippen LogP contribution in [-0.2, 0) is 11.3 Å². The summed E-state index contributed by atoms with van der Waals surface area (Å²) < 4.78 is 1.14. The van der Waals surface area contributed by atoms with E-state index in [1.165, 1.54) is 9.75 Å². The summed E-state index contributed by atoms with van der Waals surface area (Å²) in [5.41, 5.74) is 0. The summed E-state index contributed by atoms with van der Waals surface area (Å²) in [4.78, 5) is 15.7. The van der Waals surface area contributed by atoms with Crippen LogP contribution in [0.25, 0.3) is 0 Å². The van der Waals surface area contributed by atoms with Gasteiger partial charge < -0.3 is 10.2 Å². The lowest BCUT2D eigenvalue weighted by molar-refractivity contribution is -0.130. The number of nitrogens with one attached hydrogen (secondary N) is 1. The number of nitrogens with zero attached hydrogens (tertiary/aromatic N) is 1. The Labute approximate surface area is 109 Å². The van der Waals surface area contributed by atoms with Crippen LogP contribution in [0.4, 0.5) is 0 Å². The van der Waals surface area contributed by atoms with Gasteiger partial charge in [-0.05, 0) is 35.8 Å². The van der Waals surface area contributed by atoms with Crippen LogP contribution >= 0.6 is 27.3 Å². The highest BCUT2D eigenvalue weighted by Gasteiger charge is 2.14. The molecule has 5 heteroatoms. The van der Waals surface area contributed by atoms with Crippen molar-refractivity contribution in [2.24, 2.45) is 0 Å². The Hall–Kier alpha value is -0.390. The lowest BCUT2D eigenvalue weighted by atomic mass is 10.3. The van der Waals surface area contributed by atoms with E-state index in [4.69, 9.17) is 0 Å². The molecule has 0 aromatic carbocycles. The molecule has 1 amide bonds. The number of likely N-dealkylation sites (N-methyl/N-ethyl adjacent to an activating group) is 1. The fourth-order valence-electron chi connectivity index (χ4n) is 1.33. The Morgan fingerprint density at radius 2 is 2.25 bits per heavy atom. The van der Waals surface area contributed by atoms with Crippen molar-refractivity contribution in [2.75, 3.05) is 14.1 Å². The summed E-state index contributed by atoms with van der Waals surface area (Å²) in [5, 5.41) is 3.22. The summed E-state index contributed by atoms with van der Waals surface area (Å²) in [5.74, 6) is 0.104. The number of carbonyl (C=O) groups is 1. The second kappa shape index (κ2) is 5.80. The Morgan fingerprint density at radius 3 is 2.69 bits per heavy atom. The molecule has 1 unspecified atom stereocenters. The van der Waals surface area contributed by atoms with E-state index in [0.29, 0.717) is 0 Å². The topological polar surface area (TPSA) is 32.3 Å². The zero-order valence-electron chi connectivity index (χ0n) is 10.0. The fraction of sp³-hybridized carbons (Fsp3) is 0.545. The third-order valence-electron chi connectivity index (χ3n) is 2.30. The average Bonchev–Trinajstić information content (AvgIpc) is 2.53. The van der Waals surface area contributed by atoms with Crippen molar-refractivity contribution in [3.63, 3.8) is 0 Å². The highest BCUT2D eigenvalue weighted by molar-refractivity contribution is 9.10. The first kappa shape index (κ1) is 13.7. The molecule has 90 valence electrons. The number of hydrogen-bond acceptors (Lipinski definition) is 3. The molecular formula is C11H17BrN2OS. The molecule has 0 spiro atoms. The maximum absolute atomic E-state index is 11.6. The monoisotopic (exact) mass is 304 g/mol. The summed E-state index contributed by atoms with van der Waals surface area (Å²) in [6, 6.07) is 1.95. The minimum Gasteiger partial charge on any atom is -0.347 e. The van der Waals surface area contributed by atoms with Gasteiger partial charge in [-0.3, -0.25) is 4.79 Å². The van der Waals surface area contributed by atoms with Crippen molar-refractivity contribution in [3.8, 4) is 0 Å². The van der Waals surface area contributed by atoms with Gasteiger partial charge in [-0.15, -0.1) is 11.3 Å². The smallest absolute Gasteiger partial charge is 0.238 e. The highest BCUT2D eigenvalue weighted by Crippen LogP contribution is 2.26. The number of halogens is 1. The molecule has 0 bridgehead atoms. The van der Waals surface area contributed by atoms with Crippen molar-refractivity contribution < 1.29 is 4.79 Å². The largest absolute Gasteiger partial charge is 0.347 e. The molecule has 1 atom stereocenters. The molecule has 0 radical (unpaired) electrons.